The van der Waals surface area contributed by atoms with Crippen LogP contribution in [0.1, 0.15) is 10.4 Å². The van der Waals surface area contributed by atoms with Crippen LogP contribution < -0.4 is 5.56 Å². The second-order valence-corrected chi connectivity index (χ2v) is 6.20. The van der Waals surface area contributed by atoms with E-state index in [1.807, 2.05) is 12.1 Å². The molecule has 0 bridgehead atoms. The van der Waals surface area contributed by atoms with E-state index in [4.69, 9.17) is 0 Å². The lowest BCUT2D eigenvalue weighted by molar-refractivity contribution is 0.102. The van der Waals surface area contributed by atoms with Crippen LogP contribution in [-0.4, -0.2) is 31.5 Å². The maximum absolute atomic E-state index is 12.1. The summed E-state index contributed by atoms with van der Waals surface area (Å²) in [5.41, 5.74) is 0.700. The second kappa shape index (κ2) is 6.37. The molecule has 110 valence electrons. The average Bonchev–Trinajstić information content (AvgIpc) is 2.53. The minimum atomic E-state index is -0.364. The number of halogens is 1. The highest BCUT2D eigenvalue weighted by atomic mass is 79.9. The van der Waals surface area contributed by atoms with E-state index >= 15 is 0 Å². The first-order chi connectivity index (χ1) is 10.6. The SMILES string of the molecule is O=C(CSc1nc2nccnc2c(=O)[nH]1)c1ccc(Br)cc1. The van der Waals surface area contributed by atoms with Crippen LogP contribution >= 0.6 is 27.7 Å². The molecule has 2 aromatic heterocycles. The van der Waals surface area contributed by atoms with E-state index in [1.165, 1.54) is 12.4 Å². The summed E-state index contributed by atoms with van der Waals surface area (Å²) >= 11 is 4.48. The molecule has 1 N–H and O–H groups in total. The highest BCUT2D eigenvalue weighted by Crippen LogP contribution is 2.16. The van der Waals surface area contributed by atoms with Crippen LogP contribution in [0.2, 0.25) is 0 Å². The molecule has 0 amide bonds. The van der Waals surface area contributed by atoms with Crippen LogP contribution in [-0.2, 0) is 0 Å². The van der Waals surface area contributed by atoms with Gasteiger partial charge in [0.15, 0.2) is 22.1 Å². The van der Waals surface area contributed by atoms with Gasteiger partial charge in [-0.2, -0.15) is 0 Å². The predicted octanol–water partition coefficient (Wildman–Crippen LogP) is 2.45. The highest BCUT2D eigenvalue weighted by Gasteiger charge is 2.10. The van der Waals surface area contributed by atoms with Gasteiger partial charge in [0.1, 0.15) is 0 Å². The van der Waals surface area contributed by atoms with Gasteiger partial charge in [0.25, 0.3) is 5.56 Å². The number of nitrogens with one attached hydrogen (secondary N) is 1. The zero-order valence-corrected chi connectivity index (χ0v) is 13.5. The lowest BCUT2D eigenvalue weighted by atomic mass is 10.2. The Kier molecular flexibility index (Phi) is 4.30. The number of ketones is 1. The fraction of sp³-hybridized carbons (Fsp3) is 0.0714. The smallest absolute Gasteiger partial charge is 0.279 e. The number of carbonyl (C=O) groups is 1. The summed E-state index contributed by atoms with van der Waals surface area (Å²) in [5.74, 6) is 0.135. The van der Waals surface area contributed by atoms with Gasteiger partial charge < -0.3 is 0 Å². The van der Waals surface area contributed by atoms with Gasteiger partial charge in [-0.25, -0.2) is 15.0 Å². The van der Waals surface area contributed by atoms with Gasteiger partial charge in [-0.1, -0.05) is 39.8 Å². The van der Waals surface area contributed by atoms with Crippen LogP contribution in [0.15, 0.2) is 51.1 Å². The van der Waals surface area contributed by atoms with E-state index in [1.54, 1.807) is 12.1 Å². The lowest BCUT2D eigenvalue weighted by Crippen LogP contribution is -2.12. The van der Waals surface area contributed by atoms with E-state index in [0.717, 1.165) is 16.2 Å². The number of thioether (sulfide) groups is 1. The van der Waals surface area contributed by atoms with Crippen molar-refractivity contribution >= 4 is 44.6 Å². The van der Waals surface area contributed by atoms with E-state index in [-0.39, 0.29) is 28.3 Å². The summed E-state index contributed by atoms with van der Waals surface area (Å²) in [4.78, 5) is 38.7. The lowest BCUT2D eigenvalue weighted by Gasteiger charge is -2.02. The zero-order valence-electron chi connectivity index (χ0n) is 11.1. The standard InChI is InChI=1S/C14H9BrN4O2S/c15-9-3-1-8(2-4-9)10(20)7-22-14-18-12-11(13(21)19-14)16-5-6-17-12/h1-6H,7H2,(H,17,18,19,21). The average molecular weight is 377 g/mol. The number of benzene rings is 1. The Morgan fingerprint density at radius 1 is 1.18 bits per heavy atom. The molecule has 3 rings (SSSR count). The van der Waals surface area contributed by atoms with Gasteiger partial charge in [0, 0.05) is 22.4 Å². The molecule has 2 heterocycles. The maximum atomic E-state index is 12.1. The minimum absolute atomic E-state index is 0.0422. The Labute approximate surface area is 137 Å². The first kappa shape index (κ1) is 14.9. The summed E-state index contributed by atoms with van der Waals surface area (Å²) in [6, 6.07) is 7.11. The third-order valence-corrected chi connectivity index (χ3v) is 4.23. The van der Waals surface area contributed by atoms with Crippen LogP contribution in [0.4, 0.5) is 0 Å². The first-order valence-corrected chi connectivity index (χ1v) is 8.04. The Hall–Kier alpha value is -2.06. The number of aromatic amines is 1. The van der Waals surface area contributed by atoms with Crippen LogP contribution in [0.25, 0.3) is 11.2 Å². The van der Waals surface area contributed by atoms with Gasteiger partial charge in [0.2, 0.25) is 0 Å². The van der Waals surface area contributed by atoms with E-state index in [2.05, 4.69) is 35.9 Å². The van der Waals surface area contributed by atoms with Crippen molar-refractivity contribution < 1.29 is 4.79 Å². The van der Waals surface area contributed by atoms with Crippen molar-refractivity contribution in [1.82, 2.24) is 19.9 Å². The normalized spacial score (nSPS) is 10.8. The van der Waals surface area contributed by atoms with Crippen molar-refractivity contribution in [3.8, 4) is 0 Å². The number of Topliss-reactive ketones (excluding diaryl/α,β-unsaturated/α-hetero) is 1. The Bertz CT molecular complexity index is 895. The molecule has 0 radical (unpaired) electrons. The molecular weight excluding hydrogens is 368 g/mol. The van der Waals surface area contributed by atoms with E-state index in [9.17, 15) is 9.59 Å². The van der Waals surface area contributed by atoms with Crippen molar-refractivity contribution in [2.75, 3.05) is 5.75 Å². The van der Waals surface area contributed by atoms with Crippen molar-refractivity contribution in [2.24, 2.45) is 0 Å². The Morgan fingerprint density at radius 2 is 1.91 bits per heavy atom. The molecule has 0 fully saturated rings. The third kappa shape index (κ3) is 3.23. The second-order valence-electron chi connectivity index (χ2n) is 4.32. The summed E-state index contributed by atoms with van der Waals surface area (Å²) < 4.78 is 0.913. The molecule has 8 heteroatoms. The fourth-order valence-electron chi connectivity index (χ4n) is 1.77. The minimum Gasteiger partial charge on any atom is -0.299 e. The number of carbonyl (C=O) groups excluding carboxylic acids is 1. The largest absolute Gasteiger partial charge is 0.299 e. The zero-order chi connectivity index (χ0) is 15.5. The van der Waals surface area contributed by atoms with Crippen molar-refractivity contribution in [1.29, 1.82) is 0 Å². The third-order valence-electron chi connectivity index (χ3n) is 2.83. The number of hydrogen-bond donors (Lipinski definition) is 1. The van der Waals surface area contributed by atoms with Gasteiger partial charge in [-0.3, -0.25) is 14.6 Å². The molecule has 0 spiro atoms. The van der Waals surface area contributed by atoms with Gasteiger partial charge in [0.05, 0.1) is 5.75 Å². The molecule has 3 aromatic rings. The first-order valence-electron chi connectivity index (χ1n) is 6.26. The summed E-state index contributed by atoms with van der Waals surface area (Å²) in [6.07, 6.45) is 2.90. The Balaban J connectivity index is 1.77. The summed E-state index contributed by atoms with van der Waals surface area (Å²) in [6.45, 7) is 0. The summed E-state index contributed by atoms with van der Waals surface area (Å²) in [5, 5.41) is 0.350. The number of fused-ring (bicyclic) bond motifs is 1. The topological polar surface area (TPSA) is 88.6 Å². The molecule has 0 unspecified atom stereocenters. The fourth-order valence-corrected chi connectivity index (χ4v) is 2.79. The molecule has 1 aromatic carbocycles. The maximum Gasteiger partial charge on any atom is 0.279 e. The van der Waals surface area contributed by atoms with E-state index < -0.39 is 0 Å². The molecule has 6 nitrogen and oxygen atoms in total. The molecule has 22 heavy (non-hydrogen) atoms. The van der Waals surface area contributed by atoms with Gasteiger partial charge in [-0.05, 0) is 12.1 Å². The van der Waals surface area contributed by atoms with Crippen LogP contribution in [0, 0.1) is 0 Å². The number of H-pyrrole nitrogens is 1. The number of hydrogen-bond acceptors (Lipinski definition) is 6. The summed E-state index contributed by atoms with van der Waals surface area (Å²) in [7, 11) is 0. The molecule has 0 aliphatic rings. The molecule has 0 aliphatic heterocycles. The number of aromatic nitrogens is 4. The van der Waals surface area contributed by atoms with Crippen molar-refractivity contribution in [2.45, 2.75) is 5.16 Å². The molecule has 0 saturated carbocycles. The Morgan fingerprint density at radius 3 is 2.68 bits per heavy atom. The highest BCUT2D eigenvalue weighted by molar-refractivity contribution is 9.10. The quantitative estimate of drug-likeness (QED) is 0.427. The predicted molar refractivity (Wildman–Crippen MR) is 87.2 cm³/mol. The molecular formula is C14H9BrN4O2S. The molecule has 0 saturated heterocycles. The number of nitrogens with zero attached hydrogens (tertiary/aromatic N) is 3. The van der Waals surface area contributed by atoms with E-state index in [0.29, 0.717) is 10.7 Å². The van der Waals surface area contributed by atoms with Crippen LogP contribution in [0.5, 0.6) is 0 Å². The monoisotopic (exact) mass is 376 g/mol. The van der Waals surface area contributed by atoms with Crippen molar-refractivity contribution in [3.05, 3.63) is 57.0 Å². The van der Waals surface area contributed by atoms with Crippen LogP contribution in [0.3, 0.4) is 0 Å². The van der Waals surface area contributed by atoms with Gasteiger partial charge >= 0.3 is 0 Å². The van der Waals surface area contributed by atoms with Gasteiger partial charge in [-0.15, -0.1) is 0 Å². The molecule has 0 aliphatic carbocycles. The number of rotatable bonds is 4. The van der Waals surface area contributed by atoms with Crippen molar-refractivity contribution in [3.63, 3.8) is 0 Å². The molecule has 0 atom stereocenters.